The molecule has 0 saturated heterocycles. The van der Waals surface area contributed by atoms with E-state index in [1.165, 1.54) is 0 Å². The Labute approximate surface area is 118 Å². The molecule has 17 heavy (non-hydrogen) atoms. The number of hydrogen-bond donors (Lipinski definition) is 1. The van der Waals surface area contributed by atoms with Gasteiger partial charge >= 0.3 is 0 Å². The van der Waals surface area contributed by atoms with Crippen molar-refractivity contribution in [3.63, 3.8) is 0 Å². The van der Waals surface area contributed by atoms with Crippen LogP contribution in [0.1, 0.15) is 33.3 Å². The van der Waals surface area contributed by atoms with Crippen molar-refractivity contribution >= 4 is 27.5 Å². The van der Waals surface area contributed by atoms with Crippen molar-refractivity contribution in [2.75, 3.05) is 6.54 Å². The smallest absolute Gasteiger partial charge is 0.0451 e. The molecule has 0 aromatic heterocycles. The maximum Gasteiger partial charge on any atom is 0.0451 e. The van der Waals surface area contributed by atoms with E-state index >= 15 is 0 Å². The van der Waals surface area contributed by atoms with Crippen molar-refractivity contribution in [1.82, 2.24) is 5.32 Å². The molecular formula is C14H21BrClN. The first-order chi connectivity index (χ1) is 7.83. The van der Waals surface area contributed by atoms with Gasteiger partial charge in [-0.05, 0) is 35.1 Å². The van der Waals surface area contributed by atoms with Crippen LogP contribution in [0.4, 0.5) is 0 Å². The van der Waals surface area contributed by atoms with Gasteiger partial charge in [-0.2, -0.15) is 0 Å². The van der Waals surface area contributed by atoms with E-state index < -0.39 is 0 Å². The highest BCUT2D eigenvalue weighted by atomic mass is 79.9. The molecule has 0 amide bonds. The SMILES string of the molecule is CC(C)C(C)(C)CNCc1cc(Br)ccc1Cl. The molecule has 0 bridgehead atoms. The fourth-order valence-corrected chi connectivity index (χ4v) is 2.00. The summed E-state index contributed by atoms with van der Waals surface area (Å²) in [6.07, 6.45) is 0. The Morgan fingerprint density at radius 1 is 1.35 bits per heavy atom. The van der Waals surface area contributed by atoms with Crippen LogP contribution in [0.15, 0.2) is 22.7 Å². The van der Waals surface area contributed by atoms with E-state index in [-0.39, 0.29) is 0 Å². The van der Waals surface area contributed by atoms with Crippen LogP contribution < -0.4 is 5.32 Å². The standard InChI is InChI=1S/C14H21BrClN/c1-10(2)14(3,4)9-17-8-11-7-12(15)5-6-13(11)16/h5-7,10,17H,8-9H2,1-4H3. The van der Waals surface area contributed by atoms with Gasteiger partial charge in [0, 0.05) is 22.6 Å². The monoisotopic (exact) mass is 317 g/mol. The molecule has 0 spiro atoms. The van der Waals surface area contributed by atoms with Crippen molar-refractivity contribution < 1.29 is 0 Å². The van der Waals surface area contributed by atoms with E-state index in [0.29, 0.717) is 11.3 Å². The van der Waals surface area contributed by atoms with Gasteiger partial charge in [0.05, 0.1) is 0 Å². The summed E-state index contributed by atoms with van der Waals surface area (Å²) in [6, 6.07) is 5.96. The summed E-state index contributed by atoms with van der Waals surface area (Å²) in [4.78, 5) is 0. The van der Waals surface area contributed by atoms with Crippen molar-refractivity contribution in [3.05, 3.63) is 33.3 Å². The Morgan fingerprint density at radius 2 is 2.00 bits per heavy atom. The van der Waals surface area contributed by atoms with Gasteiger partial charge in [0.15, 0.2) is 0 Å². The lowest BCUT2D eigenvalue weighted by Gasteiger charge is -2.29. The third-order valence-electron chi connectivity index (χ3n) is 3.47. The minimum Gasteiger partial charge on any atom is -0.312 e. The summed E-state index contributed by atoms with van der Waals surface area (Å²) in [5.41, 5.74) is 1.44. The zero-order chi connectivity index (χ0) is 13.1. The number of nitrogens with one attached hydrogen (secondary N) is 1. The van der Waals surface area contributed by atoms with Crippen LogP contribution in [0.5, 0.6) is 0 Å². The molecule has 1 aromatic rings. The molecule has 0 radical (unpaired) electrons. The summed E-state index contributed by atoms with van der Waals surface area (Å²) >= 11 is 9.61. The summed E-state index contributed by atoms with van der Waals surface area (Å²) < 4.78 is 1.07. The predicted molar refractivity (Wildman–Crippen MR) is 79.5 cm³/mol. The van der Waals surface area contributed by atoms with Gasteiger partial charge in [-0.1, -0.05) is 55.2 Å². The zero-order valence-corrected chi connectivity index (χ0v) is 13.3. The van der Waals surface area contributed by atoms with Crippen LogP contribution in [-0.4, -0.2) is 6.54 Å². The van der Waals surface area contributed by atoms with E-state index in [1.807, 2.05) is 12.1 Å². The average Bonchev–Trinajstić information content (AvgIpc) is 2.22. The van der Waals surface area contributed by atoms with E-state index in [2.05, 4.69) is 55.0 Å². The molecule has 0 fully saturated rings. The fraction of sp³-hybridized carbons (Fsp3) is 0.571. The first-order valence-electron chi connectivity index (χ1n) is 5.97. The summed E-state index contributed by atoms with van der Waals surface area (Å²) in [5.74, 6) is 0.660. The summed E-state index contributed by atoms with van der Waals surface area (Å²) in [6.45, 7) is 10.9. The van der Waals surface area contributed by atoms with Crippen molar-refractivity contribution in [3.8, 4) is 0 Å². The lowest BCUT2D eigenvalue weighted by atomic mass is 9.81. The molecule has 96 valence electrons. The molecule has 3 heteroatoms. The largest absolute Gasteiger partial charge is 0.312 e. The van der Waals surface area contributed by atoms with E-state index in [4.69, 9.17) is 11.6 Å². The van der Waals surface area contributed by atoms with E-state index in [9.17, 15) is 0 Å². The molecular weight excluding hydrogens is 298 g/mol. The molecule has 0 heterocycles. The molecule has 0 aliphatic carbocycles. The highest BCUT2D eigenvalue weighted by molar-refractivity contribution is 9.10. The van der Waals surface area contributed by atoms with Crippen molar-refractivity contribution in [1.29, 1.82) is 0 Å². The van der Waals surface area contributed by atoms with Gasteiger partial charge in [0.2, 0.25) is 0 Å². The third-order valence-corrected chi connectivity index (χ3v) is 4.33. The second kappa shape index (κ2) is 6.21. The quantitative estimate of drug-likeness (QED) is 0.816. The Bertz CT molecular complexity index is 374. The summed E-state index contributed by atoms with van der Waals surface area (Å²) in [5, 5.41) is 4.31. The average molecular weight is 319 g/mol. The molecule has 0 atom stereocenters. The van der Waals surface area contributed by atoms with Gasteiger partial charge in [0.1, 0.15) is 0 Å². The van der Waals surface area contributed by atoms with Crippen LogP contribution in [0, 0.1) is 11.3 Å². The highest BCUT2D eigenvalue weighted by Gasteiger charge is 2.21. The lowest BCUT2D eigenvalue weighted by molar-refractivity contribution is 0.238. The van der Waals surface area contributed by atoms with Crippen LogP contribution in [0.2, 0.25) is 5.02 Å². The number of benzene rings is 1. The molecule has 1 rings (SSSR count). The van der Waals surface area contributed by atoms with Crippen LogP contribution in [-0.2, 0) is 6.54 Å². The first-order valence-corrected chi connectivity index (χ1v) is 7.14. The van der Waals surface area contributed by atoms with Gasteiger partial charge in [-0.15, -0.1) is 0 Å². The van der Waals surface area contributed by atoms with Gasteiger partial charge in [-0.3, -0.25) is 0 Å². The number of rotatable bonds is 5. The number of hydrogen-bond acceptors (Lipinski definition) is 1. The van der Waals surface area contributed by atoms with Crippen LogP contribution >= 0.6 is 27.5 Å². The predicted octanol–water partition coefficient (Wildman–Crippen LogP) is 4.87. The zero-order valence-electron chi connectivity index (χ0n) is 11.0. The molecule has 1 N–H and O–H groups in total. The van der Waals surface area contributed by atoms with Gasteiger partial charge < -0.3 is 5.32 Å². The molecule has 1 nitrogen and oxygen atoms in total. The van der Waals surface area contributed by atoms with Gasteiger partial charge in [0.25, 0.3) is 0 Å². The van der Waals surface area contributed by atoms with Crippen molar-refractivity contribution in [2.45, 2.75) is 34.2 Å². The maximum absolute atomic E-state index is 6.15. The minimum atomic E-state index is 0.304. The minimum absolute atomic E-state index is 0.304. The van der Waals surface area contributed by atoms with Crippen LogP contribution in [0.3, 0.4) is 0 Å². The molecule has 0 aliphatic heterocycles. The van der Waals surface area contributed by atoms with Crippen molar-refractivity contribution in [2.24, 2.45) is 11.3 Å². The summed E-state index contributed by atoms with van der Waals surface area (Å²) in [7, 11) is 0. The fourth-order valence-electron chi connectivity index (χ4n) is 1.40. The molecule has 0 unspecified atom stereocenters. The molecule has 1 aromatic carbocycles. The van der Waals surface area contributed by atoms with Gasteiger partial charge in [-0.25, -0.2) is 0 Å². The Balaban J connectivity index is 2.54. The van der Waals surface area contributed by atoms with E-state index in [1.54, 1.807) is 0 Å². The van der Waals surface area contributed by atoms with E-state index in [0.717, 1.165) is 28.1 Å². The highest BCUT2D eigenvalue weighted by Crippen LogP contribution is 2.25. The Kier molecular flexibility index (Phi) is 5.49. The second-order valence-corrected chi connectivity index (χ2v) is 6.81. The molecule has 0 saturated carbocycles. The molecule has 0 aliphatic rings. The Hall–Kier alpha value is -0.0500. The Morgan fingerprint density at radius 3 is 2.59 bits per heavy atom. The number of halogens is 2. The second-order valence-electron chi connectivity index (χ2n) is 5.48. The topological polar surface area (TPSA) is 12.0 Å². The maximum atomic E-state index is 6.15. The van der Waals surface area contributed by atoms with Crippen LogP contribution in [0.25, 0.3) is 0 Å². The third kappa shape index (κ3) is 4.61. The first kappa shape index (κ1) is 15.0. The normalized spacial score (nSPS) is 12.2. The lowest BCUT2D eigenvalue weighted by Crippen LogP contribution is -2.33.